The van der Waals surface area contributed by atoms with E-state index in [1.807, 2.05) is 65.2 Å². The lowest BCUT2D eigenvalue weighted by atomic mass is 9.90. The normalized spacial score (nSPS) is 12.2. The van der Waals surface area contributed by atoms with Crippen molar-refractivity contribution in [3.63, 3.8) is 0 Å². The summed E-state index contributed by atoms with van der Waals surface area (Å²) in [6, 6.07) is 51.0. The van der Waals surface area contributed by atoms with Gasteiger partial charge >= 0.3 is 12.4 Å². The summed E-state index contributed by atoms with van der Waals surface area (Å²) in [6.07, 6.45) is -10.2. The first kappa shape index (κ1) is 46.1. The van der Waals surface area contributed by atoms with Crippen LogP contribution in [0.3, 0.4) is 0 Å². The van der Waals surface area contributed by atoms with Crippen LogP contribution in [0.2, 0.25) is 0 Å². The number of nitriles is 1. The van der Waals surface area contributed by atoms with Crippen LogP contribution in [0, 0.1) is 52.9 Å². The first-order chi connectivity index (χ1) is 34.4. The van der Waals surface area contributed by atoms with Crippen LogP contribution in [0.5, 0.6) is 0 Å². The molecule has 2 heterocycles. The first-order valence-electron chi connectivity index (χ1n) is 23.6. The molecule has 11 rings (SSSR count). The molecule has 72 heavy (non-hydrogen) atoms. The molecule has 0 bridgehead atoms. The van der Waals surface area contributed by atoms with Gasteiger partial charge in [-0.2, -0.15) is 31.6 Å². The summed E-state index contributed by atoms with van der Waals surface area (Å²) >= 11 is 0. The average molecular weight is 958 g/mol. The van der Waals surface area contributed by atoms with Crippen molar-refractivity contribution in [3.8, 4) is 62.0 Å². The molecule has 3 nitrogen and oxygen atoms in total. The minimum atomic E-state index is -5.12. The number of aromatic nitrogens is 2. The summed E-state index contributed by atoms with van der Waals surface area (Å²) in [5, 5.41) is 14.1. The molecular weight excluding hydrogens is 913 g/mol. The number of nitrogens with zero attached hydrogens (tertiary/aromatic N) is 3. The number of hydrogen-bond acceptors (Lipinski definition) is 1. The van der Waals surface area contributed by atoms with E-state index in [1.165, 1.54) is 23.3 Å². The average Bonchev–Trinajstić information content (AvgIpc) is 3.85. The van der Waals surface area contributed by atoms with Crippen molar-refractivity contribution in [2.45, 2.75) is 53.9 Å². The molecule has 11 aromatic rings. The Morgan fingerprint density at radius 2 is 0.889 bits per heavy atom. The van der Waals surface area contributed by atoms with E-state index in [0.29, 0.717) is 51.2 Å². The Balaban J connectivity index is 1.24. The van der Waals surface area contributed by atoms with E-state index in [1.54, 1.807) is 18.2 Å². The van der Waals surface area contributed by atoms with Gasteiger partial charge in [0, 0.05) is 38.2 Å². The zero-order chi connectivity index (χ0) is 50.5. The Morgan fingerprint density at radius 1 is 0.389 bits per heavy atom. The van der Waals surface area contributed by atoms with Crippen LogP contribution >= 0.6 is 0 Å². The zero-order valence-corrected chi connectivity index (χ0v) is 40.2. The van der Waals surface area contributed by atoms with Crippen LogP contribution in [0.25, 0.3) is 99.5 Å². The van der Waals surface area contributed by atoms with Crippen LogP contribution in [0.4, 0.5) is 26.3 Å². The number of alkyl halides is 6. The Kier molecular flexibility index (Phi) is 10.8. The number of hydrogen-bond donors (Lipinski definition) is 0. The predicted octanol–water partition coefficient (Wildman–Crippen LogP) is 18.3. The Morgan fingerprint density at radius 3 is 1.49 bits per heavy atom. The van der Waals surface area contributed by atoms with Crippen molar-refractivity contribution in [2.75, 3.05) is 0 Å². The molecular formula is C63H45F6N3. The second-order valence-electron chi connectivity index (χ2n) is 19.0. The fraction of sp³-hybridized carbons (Fsp3) is 0.127. The quantitative estimate of drug-likeness (QED) is 0.153. The Bertz CT molecular complexity index is 4040. The zero-order valence-electron chi connectivity index (χ0n) is 40.2. The fourth-order valence-corrected chi connectivity index (χ4v) is 11.2. The van der Waals surface area contributed by atoms with Crippen LogP contribution in [-0.2, 0) is 12.4 Å². The van der Waals surface area contributed by atoms with Gasteiger partial charge in [0.05, 0.1) is 56.2 Å². The smallest absolute Gasteiger partial charge is 0.309 e. The summed E-state index contributed by atoms with van der Waals surface area (Å²) in [4.78, 5) is 0. The van der Waals surface area contributed by atoms with Gasteiger partial charge in [-0.25, -0.2) is 0 Å². The third-order valence-corrected chi connectivity index (χ3v) is 14.3. The number of fused-ring (bicyclic) bond motifs is 6. The van der Waals surface area contributed by atoms with Crippen molar-refractivity contribution >= 4 is 43.6 Å². The molecule has 0 radical (unpaired) electrons. The van der Waals surface area contributed by atoms with Crippen LogP contribution < -0.4 is 0 Å². The van der Waals surface area contributed by atoms with E-state index in [-0.39, 0.29) is 5.56 Å². The summed E-state index contributed by atoms with van der Waals surface area (Å²) in [7, 11) is 0. The number of aryl methyl sites for hydroxylation is 5. The van der Waals surface area contributed by atoms with Crippen LogP contribution in [0.15, 0.2) is 164 Å². The summed E-state index contributed by atoms with van der Waals surface area (Å²) in [6.45, 7) is 12.5. The van der Waals surface area contributed by atoms with Gasteiger partial charge < -0.3 is 9.13 Å². The molecule has 0 atom stereocenters. The predicted molar refractivity (Wildman–Crippen MR) is 280 cm³/mol. The number of para-hydroxylation sites is 2. The van der Waals surface area contributed by atoms with E-state index in [2.05, 4.69) is 107 Å². The molecule has 0 spiro atoms. The van der Waals surface area contributed by atoms with Gasteiger partial charge in [-0.05, 0) is 164 Å². The highest BCUT2D eigenvalue weighted by molar-refractivity contribution is 6.13. The molecule has 0 saturated carbocycles. The molecule has 0 N–H and O–H groups in total. The fourth-order valence-electron chi connectivity index (χ4n) is 11.2. The van der Waals surface area contributed by atoms with Crippen molar-refractivity contribution in [3.05, 3.63) is 214 Å². The third kappa shape index (κ3) is 7.52. The Labute approximate surface area is 412 Å². The monoisotopic (exact) mass is 957 g/mol. The second kappa shape index (κ2) is 16.9. The maximum atomic E-state index is 15.0. The lowest BCUT2D eigenvalue weighted by Crippen LogP contribution is -2.14. The van der Waals surface area contributed by atoms with Gasteiger partial charge in [0.25, 0.3) is 0 Å². The van der Waals surface area contributed by atoms with Gasteiger partial charge in [0.15, 0.2) is 0 Å². The van der Waals surface area contributed by atoms with Gasteiger partial charge in [0.1, 0.15) is 0 Å². The van der Waals surface area contributed by atoms with Gasteiger partial charge in [-0.3, -0.25) is 0 Å². The largest absolute Gasteiger partial charge is 0.417 e. The first-order valence-corrected chi connectivity index (χ1v) is 23.6. The summed E-state index contributed by atoms with van der Waals surface area (Å²) in [5.41, 5.74) is 12.4. The van der Waals surface area contributed by atoms with E-state index in [4.69, 9.17) is 0 Å². The number of rotatable bonds is 6. The van der Waals surface area contributed by atoms with Crippen molar-refractivity contribution in [2.24, 2.45) is 0 Å². The maximum absolute atomic E-state index is 15.0. The third-order valence-electron chi connectivity index (χ3n) is 14.3. The molecule has 0 unspecified atom stereocenters. The molecule has 0 aliphatic carbocycles. The lowest BCUT2D eigenvalue weighted by Gasteiger charge is -2.22. The molecule has 0 fully saturated rings. The van der Waals surface area contributed by atoms with Crippen molar-refractivity contribution in [1.82, 2.24) is 9.13 Å². The minimum absolute atomic E-state index is 0.272. The molecule has 0 saturated heterocycles. The number of benzene rings is 9. The number of halogens is 6. The van der Waals surface area contributed by atoms with E-state index in [9.17, 15) is 5.26 Å². The maximum Gasteiger partial charge on any atom is 0.417 e. The van der Waals surface area contributed by atoms with E-state index in [0.717, 1.165) is 83.2 Å². The standard InChI is InChI=1S/C63H45F6N3/c1-35-27-38(4)60(39(5)28-35)43-21-25-58-51(32-43)46-13-8-10-17-55(46)72(58)59-33-44(61-52(62(64,65)66)14-11-15-53(61)63(67,68)69)19-22-47(59)49-30-41(34-70)18-23-56(49)71-54-16-9-7-12-45(54)50-31-42(20-24-57(50)71)48-29-36(2)26-37(3)40(48)6/h7-33H,1-6H3. The molecule has 2 aromatic heterocycles. The van der Waals surface area contributed by atoms with Crippen molar-refractivity contribution < 1.29 is 26.3 Å². The summed E-state index contributed by atoms with van der Waals surface area (Å²) in [5.74, 6) is 0. The van der Waals surface area contributed by atoms with Gasteiger partial charge in [0.2, 0.25) is 0 Å². The van der Waals surface area contributed by atoms with Gasteiger partial charge in [-0.1, -0.05) is 102 Å². The molecule has 9 heteroatoms. The highest BCUT2D eigenvalue weighted by Gasteiger charge is 2.41. The highest BCUT2D eigenvalue weighted by atomic mass is 19.4. The molecule has 354 valence electrons. The van der Waals surface area contributed by atoms with Gasteiger partial charge in [-0.15, -0.1) is 0 Å². The summed E-state index contributed by atoms with van der Waals surface area (Å²) < 4.78 is 94.1. The molecule has 0 aliphatic rings. The second-order valence-corrected chi connectivity index (χ2v) is 19.0. The highest BCUT2D eigenvalue weighted by Crippen LogP contribution is 2.48. The topological polar surface area (TPSA) is 33.6 Å². The SMILES string of the molecule is Cc1cc(C)c(-c2ccc3c(c2)c2ccccc2n3-c2cc(-c3c(C(F)(F)F)cccc3C(F)(F)F)ccc2-c2cc(C#N)ccc2-n2c3ccccc3c3cc(-c4cc(C)cc(C)c4C)ccc32)c(C)c1. The van der Waals surface area contributed by atoms with Crippen LogP contribution in [-0.4, -0.2) is 9.13 Å². The minimum Gasteiger partial charge on any atom is -0.309 e. The van der Waals surface area contributed by atoms with Crippen molar-refractivity contribution in [1.29, 1.82) is 5.26 Å². The molecule has 0 aliphatic heterocycles. The van der Waals surface area contributed by atoms with E-state index >= 15 is 26.3 Å². The lowest BCUT2D eigenvalue weighted by molar-refractivity contribution is -0.142. The Hall–Kier alpha value is -8.35. The molecule has 9 aromatic carbocycles. The van der Waals surface area contributed by atoms with Crippen LogP contribution in [0.1, 0.15) is 50.1 Å². The van der Waals surface area contributed by atoms with E-state index < -0.39 is 29.0 Å². The molecule has 0 amide bonds.